The molecule has 29 heavy (non-hydrogen) atoms. The summed E-state index contributed by atoms with van der Waals surface area (Å²) in [6.45, 7) is 2.78. The first-order chi connectivity index (χ1) is 13.5. The van der Waals surface area contributed by atoms with Gasteiger partial charge in [-0.2, -0.15) is 8.42 Å². The lowest BCUT2D eigenvalue weighted by Crippen LogP contribution is -2.42. The van der Waals surface area contributed by atoms with Crippen LogP contribution in [0.3, 0.4) is 0 Å². The van der Waals surface area contributed by atoms with Crippen LogP contribution in [0.5, 0.6) is 5.75 Å². The summed E-state index contributed by atoms with van der Waals surface area (Å²) in [6, 6.07) is 10.4. The van der Waals surface area contributed by atoms with Crippen molar-refractivity contribution in [3.63, 3.8) is 0 Å². The van der Waals surface area contributed by atoms with Crippen LogP contribution in [0.4, 0.5) is 5.69 Å². The number of carbonyl (C=O) groups excluding carboxylic acids is 2. The van der Waals surface area contributed by atoms with Crippen LogP contribution in [-0.2, 0) is 29.2 Å². The number of carbonyl (C=O) groups is 2. The number of hydrogen-bond donors (Lipinski definition) is 3. The number of phenols is 1. The second kappa shape index (κ2) is 7.22. The van der Waals surface area contributed by atoms with E-state index < -0.39 is 38.3 Å². The Morgan fingerprint density at radius 1 is 1.03 bits per heavy atom. The summed E-state index contributed by atoms with van der Waals surface area (Å²) in [5.41, 5.74) is -0.0693. The lowest BCUT2D eigenvalue weighted by atomic mass is 10.0. The molecular formula is C19H17NO8S. The van der Waals surface area contributed by atoms with E-state index in [-0.39, 0.29) is 17.0 Å². The van der Waals surface area contributed by atoms with Gasteiger partial charge in [0.25, 0.3) is 15.9 Å². The van der Waals surface area contributed by atoms with E-state index in [0.717, 1.165) is 18.3 Å². The largest absolute Gasteiger partial charge is 0.505 e. The minimum Gasteiger partial charge on any atom is -0.505 e. The topological polar surface area (TPSA) is 139 Å². The van der Waals surface area contributed by atoms with Gasteiger partial charge in [-0.05, 0) is 17.7 Å². The number of ether oxygens (including phenoxy) is 2. The van der Waals surface area contributed by atoms with Crippen molar-refractivity contribution in [2.24, 2.45) is 0 Å². The quantitative estimate of drug-likeness (QED) is 0.224. The number of aromatic hydroxyl groups is 1. The molecule has 0 radical (unpaired) electrons. The summed E-state index contributed by atoms with van der Waals surface area (Å²) >= 11 is 0. The van der Waals surface area contributed by atoms with Gasteiger partial charge in [0.05, 0.1) is 10.6 Å². The second-order valence-electron chi connectivity index (χ2n) is 6.59. The molecule has 0 aromatic heterocycles. The molecule has 1 aliphatic heterocycles. The molecule has 2 aromatic carbocycles. The third kappa shape index (κ3) is 4.39. The van der Waals surface area contributed by atoms with Crippen LogP contribution in [0, 0.1) is 0 Å². The highest BCUT2D eigenvalue weighted by atomic mass is 32.2. The fraction of sp³-hybridized carbons (Fsp3) is 0.158. The Morgan fingerprint density at radius 2 is 1.62 bits per heavy atom. The number of phenolic OH excluding ortho intramolecular Hbond substituents is 1. The van der Waals surface area contributed by atoms with Crippen LogP contribution in [0.2, 0.25) is 0 Å². The van der Waals surface area contributed by atoms with Crippen molar-refractivity contribution >= 4 is 27.7 Å². The van der Waals surface area contributed by atoms with Gasteiger partial charge in [0.15, 0.2) is 5.57 Å². The maximum atomic E-state index is 12.0. The minimum atomic E-state index is -4.61. The summed E-state index contributed by atoms with van der Waals surface area (Å²) in [4.78, 5) is 23.5. The van der Waals surface area contributed by atoms with Crippen LogP contribution >= 0.6 is 0 Å². The first-order valence-corrected chi connectivity index (χ1v) is 9.75. The molecule has 0 bridgehead atoms. The highest BCUT2D eigenvalue weighted by Gasteiger charge is 2.39. The number of anilines is 1. The molecule has 1 heterocycles. The predicted molar refractivity (Wildman–Crippen MR) is 101 cm³/mol. The van der Waals surface area contributed by atoms with Crippen molar-refractivity contribution in [1.29, 1.82) is 0 Å². The second-order valence-corrected chi connectivity index (χ2v) is 8.01. The average molecular weight is 419 g/mol. The molecule has 0 atom stereocenters. The van der Waals surface area contributed by atoms with Crippen LogP contribution in [0.25, 0.3) is 11.1 Å². The maximum absolute atomic E-state index is 12.0. The smallest absolute Gasteiger partial charge is 0.350 e. The number of benzene rings is 2. The summed E-state index contributed by atoms with van der Waals surface area (Å²) in [5, 5.41) is 13.1. The van der Waals surface area contributed by atoms with Crippen molar-refractivity contribution in [3.8, 4) is 16.9 Å². The molecule has 0 aliphatic carbocycles. The first kappa shape index (κ1) is 20.4. The minimum absolute atomic E-state index is 0.108. The van der Waals surface area contributed by atoms with E-state index in [9.17, 15) is 27.7 Å². The fourth-order valence-corrected chi connectivity index (χ4v) is 3.17. The third-order valence-corrected chi connectivity index (χ3v) is 4.79. The molecule has 9 nitrogen and oxygen atoms in total. The molecule has 2 aromatic rings. The fourth-order valence-electron chi connectivity index (χ4n) is 2.63. The molecule has 0 saturated carbocycles. The molecule has 0 unspecified atom stereocenters. The highest BCUT2D eigenvalue weighted by Crippen LogP contribution is 2.38. The number of cyclic esters (lactones) is 2. The molecule has 152 valence electrons. The van der Waals surface area contributed by atoms with Gasteiger partial charge in [0, 0.05) is 25.6 Å². The summed E-state index contributed by atoms with van der Waals surface area (Å²) in [5.74, 6) is -3.68. The molecule has 1 aliphatic rings. The molecule has 1 saturated heterocycles. The molecule has 0 amide bonds. The Labute approximate surface area is 166 Å². The third-order valence-electron chi connectivity index (χ3n) is 3.95. The number of nitrogens with one attached hydrogen (secondary N) is 1. The predicted octanol–water partition coefficient (Wildman–Crippen LogP) is 2.44. The van der Waals surface area contributed by atoms with E-state index in [2.05, 4.69) is 5.32 Å². The summed E-state index contributed by atoms with van der Waals surface area (Å²) in [6.07, 6.45) is 0.928. The van der Waals surface area contributed by atoms with Crippen LogP contribution in [0.1, 0.15) is 13.8 Å². The van der Waals surface area contributed by atoms with E-state index in [1.165, 1.54) is 13.8 Å². The van der Waals surface area contributed by atoms with Gasteiger partial charge < -0.3 is 19.9 Å². The molecule has 0 spiro atoms. The Morgan fingerprint density at radius 3 is 2.17 bits per heavy atom. The normalized spacial score (nSPS) is 16.0. The van der Waals surface area contributed by atoms with E-state index in [0.29, 0.717) is 5.56 Å². The van der Waals surface area contributed by atoms with Gasteiger partial charge >= 0.3 is 11.9 Å². The van der Waals surface area contributed by atoms with Gasteiger partial charge in [-0.3, -0.25) is 4.55 Å². The van der Waals surface area contributed by atoms with Gasteiger partial charge in [0.1, 0.15) is 5.75 Å². The van der Waals surface area contributed by atoms with E-state index in [1.807, 2.05) is 0 Å². The van der Waals surface area contributed by atoms with Crippen molar-refractivity contribution in [3.05, 3.63) is 54.2 Å². The van der Waals surface area contributed by atoms with E-state index in [4.69, 9.17) is 9.47 Å². The van der Waals surface area contributed by atoms with Gasteiger partial charge in [0.2, 0.25) is 0 Å². The first-order valence-electron chi connectivity index (χ1n) is 8.31. The number of rotatable bonds is 4. The molecule has 3 N–H and O–H groups in total. The van der Waals surface area contributed by atoms with Crippen molar-refractivity contribution in [1.82, 2.24) is 0 Å². The van der Waals surface area contributed by atoms with Crippen molar-refractivity contribution in [2.45, 2.75) is 24.5 Å². The molecular weight excluding hydrogens is 402 g/mol. The summed E-state index contributed by atoms with van der Waals surface area (Å²) < 4.78 is 42.6. The van der Waals surface area contributed by atoms with Gasteiger partial charge in [-0.25, -0.2) is 9.59 Å². The zero-order valence-electron chi connectivity index (χ0n) is 15.4. The lowest BCUT2D eigenvalue weighted by Gasteiger charge is -2.29. The highest BCUT2D eigenvalue weighted by molar-refractivity contribution is 7.85. The standard InChI is InChI=1S/C19H17NO8S/c1-19(2)27-17(22)14(18(23)28-19)10-20-15-9-12(29(24,25)26)8-13(16(15)21)11-6-4-3-5-7-11/h3-10,20-21H,1-2H3,(H,24,25,26). The average Bonchev–Trinajstić information content (AvgIpc) is 2.61. The Bertz CT molecular complexity index is 1100. The Kier molecular flexibility index (Phi) is 5.07. The van der Waals surface area contributed by atoms with Crippen LogP contribution in [0.15, 0.2) is 59.1 Å². The molecule has 10 heteroatoms. The van der Waals surface area contributed by atoms with E-state index >= 15 is 0 Å². The number of esters is 2. The van der Waals surface area contributed by atoms with Crippen LogP contribution < -0.4 is 5.32 Å². The molecule has 1 fully saturated rings. The van der Waals surface area contributed by atoms with Crippen molar-refractivity contribution in [2.75, 3.05) is 5.32 Å². The molecule has 3 rings (SSSR count). The Balaban J connectivity index is 2.06. The summed E-state index contributed by atoms with van der Waals surface area (Å²) in [7, 11) is -4.61. The Hall–Kier alpha value is -3.37. The zero-order chi connectivity index (χ0) is 21.4. The number of hydrogen-bond acceptors (Lipinski definition) is 8. The van der Waals surface area contributed by atoms with E-state index in [1.54, 1.807) is 30.3 Å². The lowest BCUT2D eigenvalue weighted by molar-refractivity contribution is -0.222. The van der Waals surface area contributed by atoms with Gasteiger partial charge in [-0.1, -0.05) is 30.3 Å². The SMILES string of the molecule is CC1(C)OC(=O)C(=CNc2cc(S(=O)(=O)O)cc(-c3ccccc3)c2O)C(=O)O1. The van der Waals surface area contributed by atoms with Crippen molar-refractivity contribution < 1.29 is 37.1 Å². The van der Waals surface area contributed by atoms with Gasteiger partial charge in [-0.15, -0.1) is 0 Å². The zero-order valence-corrected chi connectivity index (χ0v) is 16.2. The monoisotopic (exact) mass is 419 g/mol. The van der Waals surface area contributed by atoms with Crippen LogP contribution in [-0.4, -0.2) is 35.8 Å². The maximum Gasteiger partial charge on any atom is 0.350 e.